The number of fused-ring (bicyclic) bond motifs is 1. The first kappa shape index (κ1) is 12.1. The van der Waals surface area contributed by atoms with E-state index in [2.05, 4.69) is 15.3 Å². The summed E-state index contributed by atoms with van der Waals surface area (Å²) in [4.78, 5) is 29.0. The van der Waals surface area contributed by atoms with Crippen molar-refractivity contribution in [1.82, 2.24) is 15.3 Å². The van der Waals surface area contributed by atoms with Crippen molar-refractivity contribution in [3.8, 4) is 0 Å². The van der Waals surface area contributed by atoms with Crippen LogP contribution in [-0.2, 0) is 16.1 Å². The van der Waals surface area contributed by atoms with Crippen molar-refractivity contribution in [2.24, 2.45) is 0 Å². The van der Waals surface area contributed by atoms with Crippen LogP contribution in [0.5, 0.6) is 0 Å². The summed E-state index contributed by atoms with van der Waals surface area (Å²) < 4.78 is 0. The number of para-hydroxylation sites is 2. The lowest BCUT2D eigenvalue weighted by molar-refractivity contribution is -0.138. The highest BCUT2D eigenvalue weighted by molar-refractivity contribution is 5.80. The number of aromatic amines is 1. The average molecular weight is 247 g/mol. The van der Waals surface area contributed by atoms with Gasteiger partial charge >= 0.3 is 5.97 Å². The third-order valence-electron chi connectivity index (χ3n) is 2.46. The number of rotatable bonds is 5. The molecule has 94 valence electrons. The molecule has 0 aliphatic carbocycles. The van der Waals surface area contributed by atoms with E-state index in [1.165, 1.54) is 0 Å². The zero-order chi connectivity index (χ0) is 13.0. The Labute approximate surface area is 103 Å². The summed E-state index contributed by atoms with van der Waals surface area (Å²) in [6.07, 6.45) is -0.179. The van der Waals surface area contributed by atoms with Crippen LogP contribution in [0.25, 0.3) is 11.0 Å². The number of imidazole rings is 1. The van der Waals surface area contributed by atoms with Gasteiger partial charge in [0.15, 0.2) is 0 Å². The number of aliphatic carboxylic acids is 1. The van der Waals surface area contributed by atoms with Crippen LogP contribution in [-0.4, -0.2) is 27.0 Å². The maximum Gasteiger partial charge on any atom is 0.303 e. The molecule has 1 amide bonds. The lowest BCUT2D eigenvalue weighted by Crippen LogP contribution is -2.23. The maximum absolute atomic E-state index is 11.3. The van der Waals surface area contributed by atoms with Gasteiger partial charge in [0.2, 0.25) is 5.91 Å². The van der Waals surface area contributed by atoms with E-state index >= 15 is 0 Å². The van der Waals surface area contributed by atoms with Gasteiger partial charge in [0.25, 0.3) is 0 Å². The first-order valence-corrected chi connectivity index (χ1v) is 5.57. The van der Waals surface area contributed by atoms with Gasteiger partial charge in [-0.2, -0.15) is 0 Å². The predicted octanol–water partition coefficient (Wildman–Crippen LogP) is 1.04. The van der Waals surface area contributed by atoms with Gasteiger partial charge in [-0.1, -0.05) is 12.1 Å². The van der Waals surface area contributed by atoms with E-state index in [-0.39, 0.29) is 25.3 Å². The van der Waals surface area contributed by atoms with Gasteiger partial charge in [-0.3, -0.25) is 9.59 Å². The molecule has 1 heterocycles. The SMILES string of the molecule is O=C(O)CCC(=O)NCc1nc2ccccc2[nH]1. The van der Waals surface area contributed by atoms with Crippen LogP contribution in [0.2, 0.25) is 0 Å². The molecule has 0 unspecified atom stereocenters. The normalized spacial score (nSPS) is 10.4. The van der Waals surface area contributed by atoms with Crippen LogP contribution < -0.4 is 5.32 Å². The second-order valence-electron chi connectivity index (χ2n) is 3.87. The van der Waals surface area contributed by atoms with Gasteiger partial charge in [-0.25, -0.2) is 4.98 Å². The van der Waals surface area contributed by atoms with E-state index in [4.69, 9.17) is 5.11 Å². The average Bonchev–Trinajstić information content (AvgIpc) is 2.76. The fourth-order valence-corrected chi connectivity index (χ4v) is 1.58. The molecule has 0 aliphatic rings. The molecule has 0 spiro atoms. The van der Waals surface area contributed by atoms with Crippen molar-refractivity contribution >= 4 is 22.9 Å². The molecule has 18 heavy (non-hydrogen) atoms. The number of benzene rings is 1. The van der Waals surface area contributed by atoms with Gasteiger partial charge < -0.3 is 15.4 Å². The van der Waals surface area contributed by atoms with Gasteiger partial charge in [-0.15, -0.1) is 0 Å². The minimum absolute atomic E-state index is 0.0183. The number of aromatic nitrogens is 2. The third kappa shape index (κ3) is 3.07. The number of carbonyl (C=O) groups is 2. The van der Waals surface area contributed by atoms with Gasteiger partial charge in [-0.05, 0) is 12.1 Å². The van der Waals surface area contributed by atoms with Gasteiger partial charge in [0, 0.05) is 6.42 Å². The van der Waals surface area contributed by atoms with Crippen molar-refractivity contribution in [3.05, 3.63) is 30.1 Å². The molecule has 1 aromatic heterocycles. The number of hydrogen-bond acceptors (Lipinski definition) is 3. The van der Waals surface area contributed by atoms with Crippen molar-refractivity contribution in [3.63, 3.8) is 0 Å². The highest BCUT2D eigenvalue weighted by atomic mass is 16.4. The Morgan fingerprint density at radius 1 is 1.28 bits per heavy atom. The highest BCUT2D eigenvalue weighted by Crippen LogP contribution is 2.09. The standard InChI is InChI=1S/C12H13N3O3/c16-11(5-6-12(17)18)13-7-10-14-8-3-1-2-4-9(8)15-10/h1-4H,5-7H2,(H,13,16)(H,14,15)(H,17,18). The number of H-pyrrole nitrogens is 1. The second-order valence-corrected chi connectivity index (χ2v) is 3.87. The Morgan fingerprint density at radius 3 is 2.78 bits per heavy atom. The summed E-state index contributed by atoms with van der Waals surface area (Å²) in [7, 11) is 0. The maximum atomic E-state index is 11.3. The second kappa shape index (κ2) is 5.31. The predicted molar refractivity (Wildman–Crippen MR) is 64.8 cm³/mol. The molecule has 2 aromatic rings. The number of carboxylic acid groups (broad SMARTS) is 1. The number of carbonyl (C=O) groups excluding carboxylic acids is 1. The largest absolute Gasteiger partial charge is 0.481 e. The van der Waals surface area contributed by atoms with Crippen molar-refractivity contribution in [2.75, 3.05) is 0 Å². The number of hydrogen-bond donors (Lipinski definition) is 3. The molecule has 0 fully saturated rings. The van der Waals surface area contributed by atoms with E-state index in [0.717, 1.165) is 11.0 Å². The molecule has 0 radical (unpaired) electrons. The van der Waals surface area contributed by atoms with Crippen molar-refractivity contribution in [2.45, 2.75) is 19.4 Å². The van der Waals surface area contributed by atoms with Crippen LogP contribution in [0.15, 0.2) is 24.3 Å². The molecule has 0 atom stereocenters. The lowest BCUT2D eigenvalue weighted by atomic mass is 10.3. The van der Waals surface area contributed by atoms with E-state index in [1.54, 1.807) is 0 Å². The van der Waals surface area contributed by atoms with E-state index in [9.17, 15) is 9.59 Å². The number of nitrogens with zero attached hydrogens (tertiary/aromatic N) is 1. The minimum atomic E-state index is -0.978. The fraction of sp³-hybridized carbons (Fsp3) is 0.250. The number of amides is 1. The Bertz CT molecular complexity index is 544. The smallest absolute Gasteiger partial charge is 0.303 e. The van der Waals surface area contributed by atoms with Crippen LogP contribution in [0.4, 0.5) is 0 Å². The quantitative estimate of drug-likeness (QED) is 0.735. The van der Waals surface area contributed by atoms with Crippen molar-refractivity contribution in [1.29, 1.82) is 0 Å². The minimum Gasteiger partial charge on any atom is -0.481 e. The summed E-state index contributed by atoms with van der Waals surface area (Å²) in [6, 6.07) is 7.56. The molecule has 0 aliphatic heterocycles. The Hall–Kier alpha value is -2.37. The Morgan fingerprint density at radius 2 is 2.06 bits per heavy atom. The Balaban J connectivity index is 1.90. The first-order valence-electron chi connectivity index (χ1n) is 5.57. The van der Waals surface area contributed by atoms with Gasteiger partial charge in [0.05, 0.1) is 24.0 Å². The molecule has 0 bridgehead atoms. The molecule has 3 N–H and O–H groups in total. The zero-order valence-electron chi connectivity index (χ0n) is 9.64. The van der Waals surface area contributed by atoms with E-state index in [0.29, 0.717) is 5.82 Å². The Kier molecular flexibility index (Phi) is 3.57. The lowest BCUT2D eigenvalue weighted by Gasteiger charge is -2.00. The van der Waals surface area contributed by atoms with E-state index in [1.807, 2.05) is 24.3 Å². The first-order chi connectivity index (χ1) is 8.65. The summed E-state index contributed by atoms with van der Waals surface area (Å²) in [5.41, 5.74) is 1.75. The van der Waals surface area contributed by atoms with Crippen LogP contribution in [0.1, 0.15) is 18.7 Å². The van der Waals surface area contributed by atoms with Gasteiger partial charge in [0.1, 0.15) is 5.82 Å². The molecule has 6 heteroatoms. The highest BCUT2D eigenvalue weighted by Gasteiger charge is 2.06. The monoisotopic (exact) mass is 247 g/mol. The third-order valence-corrected chi connectivity index (χ3v) is 2.46. The number of nitrogens with one attached hydrogen (secondary N) is 2. The zero-order valence-corrected chi connectivity index (χ0v) is 9.64. The topological polar surface area (TPSA) is 95.1 Å². The summed E-state index contributed by atoms with van der Waals surface area (Å²) in [5.74, 6) is -0.619. The molecule has 1 aromatic carbocycles. The summed E-state index contributed by atoms with van der Waals surface area (Å²) in [5, 5.41) is 11.1. The van der Waals surface area contributed by atoms with Crippen molar-refractivity contribution < 1.29 is 14.7 Å². The molecule has 6 nitrogen and oxygen atoms in total. The summed E-state index contributed by atoms with van der Waals surface area (Å²) in [6.45, 7) is 0.271. The molecular weight excluding hydrogens is 234 g/mol. The van der Waals surface area contributed by atoms with Crippen LogP contribution in [0.3, 0.4) is 0 Å². The molecule has 0 saturated carbocycles. The molecule has 0 saturated heterocycles. The summed E-state index contributed by atoms with van der Waals surface area (Å²) >= 11 is 0. The van der Waals surface area contributed by atoms with E-state index < -0.39 is 5.97 Å². The molecular formula is C12H13N3O3. The number of carboxylic acids is 1. The van der Waals surface area contributed by atoms with Crippen LogP contribution in [0, 0.1) is 0 Å². The molecule has 2 rings (SSSR count). The van der Waals surface area contributed by atoms with Crippen LogP contribution >= 0.6 is 0 Å². The fourth-order valence-electron chi connectivity index (χ4n) is 1.58.